The fourth-order valence-corrected chi connectivity index (χ4v) is 1.35. The third-order valence-electron chi connectivity index (χ3n) is 2.64. The van der Waals surface area contributed by atoms with Crippen LogP contribution in [0.1, 0.15) is 20.8 Å². The Balaban J connectivity index is 2.57. The van der Waals surface area contributed by atoms with Crippen LogP contribution in [-0.2, 0) is 16.1 Å². The Morgan fingerprint density at radius 3 is 2.83 bits per heavy atom. The van der Waals surface area contributed by atoms with Crippen molar-refractivity contribution in [1.29, 1.82) is 0 Å². The van der Waals surface area contributed by atoms with Crippen LogP contribution in [-0.4, -0.2) is 35.4 Å². The van der Waals surface area contributed by atoms with Crippen molar-refractivity contribution in [2.75, 3.05) is 19.0 Å². The van der Waals surface area contributed by atoms with E-state index in [0.717, 1.165) is 0 Å². The molecule has 0 aliphatic rings. The van der Waals surface area contributed by atoms with Gasteiger partial charge in [0.1, 0.15) is 0 Å². The van der Waals surface area contributed by atoms with Gasteiger partial charge in [0.25, 0.3) is 0 Å². The van der Waals surface area contributed by atoms with Crippen molar-refractivity contribution in [2.45, 2.75) is 33.4 Å². The molecule has 0 aromatic carbocycles. The summed E-state index contributed by atoms with van der Waals surface area (Å²) in [5.41, 5.74) is 6.25. The van der Waals surface area contributed by atoms with Crippen LogP contribution in [0.25, 0.3) is 0 Å². The number of carbonyl (C=O) groups excluding carboxylic acids is 1. The first-order valence-corrected chi connectivity index (χ1v) is 5.92. The molecule has 1 aromatic rings. The molecule has 18 heavy (non-hydrogen) atoms. The van der Waals surface area contributed by atoms with Crippen LogP contribution >= 0.6 is 0 Å². The molecule has 0 saturated carbocycles. The van der Waals surface area contributed by atoms with E-state index in [4.69, 9.17) is 10.5 Å². The van der Waals surface area contributed by atoms with E-state index in [1.54, 1.807) is 24.2 Å². The van der Waals surface area contributed by atoms with Gasteiger partial charge in [0.05, 0.1) is 31.1 Å². The molecule has 0 bridgehead atoms. The predicted molar refractivity (Wildman–Crippen MR) is 70.2 cm³/mol. The normalized spacial score (nSPS) is 13.4. The molecule has 102 valence electrons. The Hall–Kier alpha value is -1.40. The molecule has 0 spiro atoms. The van der Waals surface area contributed by atoms with Crippen molar-refractivity contribution in [2.24, 2.45) is 11.1 Å². The van der Waals surface area contributed by atoms with E-state index in [-0.39, 0.29) is 11.3 Å². The van der Waals surface area contributed by atoms with Gasteiger partial charge < -0.3 is 15.8 Å². The summed E-state index contributed by atoms with van der Waals surface area (Å²) in [6.45, 7) is 7.02. The average molecular weight is 254 g/mol. The number of rotatable bonds is 5. The Morgan fingerprint density at radius 2 is 2.28 bits per heavy atom. The first-order chi connectivity index (χ1) is 8.34. The minimum absolute atomic E-state index is 0.200. The van der Waals surface area contributed by atoms with Crippen molar-refractivity contribution < 1.29 is 9.53 Å². The van der Waals surface area contributed by atoms with Gasteiger partial charge in [-0.1, -0.05) is 20.8 Å². The third-order valence-corrected chi connectivity index (χ3v) is 2.64. The highest BCUT2D eigenvalue weighted by molar-refractivity contribution is 5.94. The lowest BCUT2D eigenvalue weighted by Crippen LogP contribution is -2.45. The molecular formula is C12H22N4O2. The van der Waals surface area contributed by atoms with Crippen LogP contribution in [0.4, 0.5) is 5.69 Å². The smallest absolute Gasteiger partial charge is 0.241 e. The van der Waals surface area contributed by atoms with E-state index in [9.17, 15) is 4.79 Å². The number of anilines is 1. The molecule has 0 aliphatic heterocycles. The SMILES string of the molecule is COCCn1cc(NC(=O)[C@H](N)C(C)(C)C)cn1. The fraction of sp³-hybridized carbons (Fsp3) is 0.667. The number of nitrogens with two attached hydrogens (primary N) is 1. The highest BCUT2D eigenvalue weighted by atomic mass is 16.5. The topological polar surface area (TPSA) is 82.2 Å². The third kappa shape index (κ3) is 4.12. The van der Waals surface area contributed by atoms with Gasteiger partial charge in [-0.15, -0.1) is 0 Å². The van der Waals surface area contributed by atoms with Crippen LogP contribution in [0.3, 0.4) is 0 Å². The van der Waals surface area contributed by atoms with Gasteiger partial charge >= 0.3 is 0 Å². The molecule has 3 N–H and O–H groups in total. The maximum Gasteiger partial charge on any atom is 0.241 e. The number of hydrogen-bond acceptors (Lipinski definition) is 4. The Labute approximate surface area is 107 Å². The molecule has 1 aromatic heterocycles. The monoisotopic (exact) mass is 254 g/mol. The maximum atomic E-state index is 11.9. The molecule has 6 nitrogen and oxygen atoms in total. The second-order valence-electron chi connectivity index (χ2n) is 5.32. The number of nitrogens with one attached hydrogen (secondary N) is 1. The van der Waals surface area contributed by atoms with Gasteiger partial charge in [-0.3, -0.25) is 9.48 Å². The van der Waals surface area contributed by atoms with Crippen LogP contribution in [0.2, 0.25) is 0 Å². The van der Waals surface area contributed by atoms with Gasteiger partial charge in [0, 0.05) is 13.3 Å². The van der Waals surface area contributed by atoms with Crippen LogP contribution in [0.5, 0.6) is 0 Å². The van der Waals surface area contributed by atoms with E-state index in [2.05, 4.69) is 10.4 Å². The number of carbonyl (C=O) groups is 1. The van der Waals surface area contributed by atoms with Gasteiger partial charge in [-0.05, 0) is 5.41 Å². The lowest BCUT2D eigenvalue weighted by atomic mass is 9.87. The van der Waals surface area contributed by atoms with Crippen molar-refractivity contribution >= 4 is 11.6 Å². The van der Waals surface area contributed by atoms with Crippen LogP contribution in [0, 0.1) is 5.41 Å². The molecule has 1 atom stereocenters. The van der Waals surface area contributed by atoms with Gasteiger partial charge in [0.15, 0.2) is 0 Å². The molecule has 0 fully saturated rings. The molecule has 6 heteroatoms. The zero-order valence-corrected chi connectivity index (χ0v) is 11.4. The number of aromatic nitrogens is 2. The highest BCUT2D eigenvalue weighted by Gasteiger charge is 2.27. The molecule has 0 unspecified atom stereocenters. The van der Waals surface area contributed by atoms with Crippen LogP contribution in [0.15, 0.2) is 12.4 Å². The van der Waals surface area contributed by atoms with E-state index in [1.165, 1.54) is 0 Å². The van der Waals surface area contributed by atoms with Crippen molar-refractivity contribution in [3.8, 4) is 0 Å². The molecule has 1 rings (SSSR count). The second kappa shape index (κ2) is 5.97. The quantitative estimate of drug-likeness (QED) is 0.815. The number of amides is 1. The van der Waals surface area contributed by atoms with E-state index in [1.807, 2.05) is 20.8 Å². The zero-order valence-electron chi connectivity index (χ0n) is 11.4. The molecule has 1 amide bonds. The molecule has 0 aliphatic carbocycles. The van der Waals surface area contributed by atoms with E-state index in [0.29, 0.717) is 18.8 Å². The molecule has 1 heterocycles. The van der Waals surface area contributed by atoms with Crippen molar-refractivity contribution in [3.05, 3.63) is 12.4 Å². The lowest BCUT2D eigenvalue weighted by Gasteiger charge is -2.25. The van der Waals surface area contributed by atoms with Gasteiger partial charge in [-0.2, -0.15) is 5.10 Å². The molecule has 0 radical (unpaired) electrons. The Kier molecular flexibility index (Phi) is 4.86. The minimum atomic E-state index is -0.556. The summed E-state index contributed by atoms with van der Waals surface area (Å²) in [6.07, 6.45) is 3.36. The van der Waals surface area contributed by atoms with Gasteiger partial charge in [-0.25, -0.2) is 0 Å². The summed E-state index contributed by atoms with van der Waals surface area (Å²) >= 11 is 0. The number of hydrogen-bond donors (Lipinski definition) is 2. The minimum Gasteiger partial charge on any atom is -0.383 e. The first-order valence-electron chi connectivity index (χ1n) is 5.92. The van der Waals surface area contributed by atoms with E-state index < -0.39 is 6.04 Å². The molecule has 0 saturated heterocycles. The lowest BCUT2D eigenvalue weighted by molar-refractivity contribution is -0.119. The fourth-order valence-electron chi connectivity index (χ4n) is 1.35. The van der Waals surface area contributed by atoms with Gasteiger partial charge in [0.2, 0.25) is 5.91 Å². The second-order valence-corrected chi connectivity index (χ2v) is 5.32. The molecular weight excluding hydrogens is 232 g/mol. The maximum absolute atomic E-state index is 11.9. The van der Waals surface area contributed by atoms with E-state index >= 15 is 0 Å². The summed E-state index contributed by atoms with van der Waals surface area (Å²) in [4.78, 5) is 11.9. The number of nitrogens with zero attached hydrogens (tertiary/aromatic N) is 2. The average Bonchev–Trinajstić information content (AvgIpc) is 2.71. The Bertz CT molecular complexity index is 395. The summed E-state index contributed by atoms with van der Waals surface area (Å²) in [5, 5.41) is 6.87. The summed E-state index contributed by atoms with van der Waals surface area (Å²) in [6, 6.07) is -0.556. The number of methoxy groups -OCH3 is 1. The summed E-state index contributed by atoms with van der Waals surface area (Å²) in [5.74, 6) is -0.200. The Morgan fingerprint density at radius 1 is 1.61 bits per heavy atom. The highest BCUT2D eigenvalue weighted by Crippen LogP contribution is 2.18. The number of ether oxygens (including phenoxy) is 1. The summed E-state index contributed by atoms with van der Waals surface area (Å²) < 4.78 is 6.66. The first kappa shape index (κ1) is 14.7. The van der Waals surface area contributed by atoms with Crippen molar-refractivity contribution in [1.82, 2.24) is 9.78 Å². The largest absolute Gasteiger partial charge is 0.383 e. The summed E-state index contributed by atoms with van der Waals surface area (Å²) in [7, 11) is 1.63. The van der Waals surface area contributed by atoms with Crippen LogP contribution < -0.4 is 11.1 Å². The standard InChI is InChI=1S/C12H22N4O2/c1-12(2,3)10(13)11(17)15-9-7-14-16(8-9)5-6-18-4/h7-8,10H,5-6,13H2,1-4H3,(H,15,17)/t10-/m0/s1. The zero-order chi connectivity index (χ0) is 13.8. The van der Waals surface area contributed by atoms with Crippen molar-refractivity contribution in [3.63, 3.8) is 0 Å². The predicted octanol–water partition coefficient (Wildman–Crippen LogP) is 0.841.